The Labute approximate surface area is 125 Å². The molecule has 1 N–H and O–H groups in total. The lowest BCUT2D eigenvalue weighted by atomic mass is 9.95. The number of piperidine rings is 1. The van der Waals surface area contributed by atoms with E-state index in [0.717, 1.165) is 32.4 Å². The van der Waals surface area contributed by atoms with Crippen molar-refractivity contribution in [1.82, 2.24) is 4.90 Å². The van der Waals surface area contributed by atoms with E-state index in [-0.39, 0.29) is 12.5 Å². The number of hydrogen-bond donors (Lipinski definition) is 1. The molecule has 1 saturated heterocycles. The molecule has 1 aromatic carbocycles. The van der Waals surface area contributed by atoms with Gasteiger partial charge in [0, 0.05) is 24.6 Å². The molecule has 1 fully saturated rings. The van der Waals surface area contributed by atoms with Gasteiger partial charge in [-0.05, 0) is 43.7 Å². The van der Waals surface area contributed by atoms with Gasteiger partial charge in [-0.25, -0.2) is 0 Å². The Kier molecular flexibility index (Phi) is 5.92. The lowest BCUT2D eigenvalue weighted by molar-refractivity contribution is -0.130. The van der Waals surface area contributed by atoms with Crippen LogP contribution in [0.4, 0.5) is 0 Å². The summed E-state index contributed by atoms with van der Waals surface area (Å²) < 4.78 is 0. The van der Waals surface area contributed by atoms with Crippen molar-refractivity contribution in [2.75, 3.05) is 25.4 Å². The average molecular weight is 293 g/mol. The Morgan fingerprint density at radius 2 is 2.25 bits per heavy atom. The molecule has 20 heavy (non-hydrogen) atoms. The molecule has 1 aromatic rings. The van der Waals surface area contributed by atoms with Gasteiger partial charge in [0.25, 0.3) is 0 Å². The van der Waals surface area contributed by atoms with E-state index in [4.69, 9.17) is 5.11 Å². The number of nitrogens with zero attached hydrogens (tertiary/aromatic N) is 1. The fourth-order valence-electron chi connectivity index (χ4n) is 2.66. The molecule has 0 bridgehead atoms. The molecule has 1 atom stereocenters. The summed E-state index contributed by atoms with van der Waals surface area (Å²) in [5.41, 5.74) is 1.22. The highest BCUT2D eigenvalue weighted by Gasteiger charge is 2.23. The third-order valence-electron chi connectivity index (χ3n) is 3.85. The Bertz CT molecular complexity index is 448. The molecule has 0 spiro atoms. The van der Waals surface area contributed by atoms with Gasteiger partial charge in [0.2, 0.25) is 5.91 Å². The first kappa shape index (κ1) is 15.4. The van der Waals surface area contributed by atoms with Crippen molar-refractivity contribution in [2.24, 2.45) is 5.92 Å². The van der Waals surface area contributed by atoms with E-state index >= 15 is 0 Å². The first-order valence-corrected chi connectivity index (χ1v) is 8.26. The first-order valence-electron chi connectivity index (χ1n) is 7.27. The van der Waals surface area contributed by atoms with E-state index in [2.05, 4.69) is 19.1 Å². The van der Waals surface area contributed by atoms with Crippen molar-refractivity contribution < 1.29 is 9.90 Å². The van der Waals surface area contributed by atoms with Gasteiger partial charge >= 0.3 is 0 Å². The molecule has 0 saturated carbocycles. The van der Waals surface area contributed by atoms with Gasteiger partial charge < -0.3 is 10.0 Å². The third kappa shape index (κ3) is 4.25. The predicted molar refractivity (Wildman–Crippen MR) is 82.9 cm³/mol. The Hall–Kier alpha value is -1.00. The van der Waals surface area contributed by atoms with Crippen LogP contribution in [-0.4, -0.2) is 41.4 Å². The van der Waals surface area contributed by atoms with Gasteiger partial charge in [-0.2, -0.15) is 0 Å². The van der Waals surface area contributed by atoms with Gasteiger partial charge in [-0.15, -0.1) is 11.8 Å². The van der Waals surface area contributed by atoms with Crippen molar-refractivity contribution in [2.45, 2.75) is 31.1 Å². The zero-order chi connectivity index (χ0) is 14.4. The number of amides is 1. The van der Waals surface area contributed by atoms with Crippen LogP contribution in [0.2, 0.25) is 0 Å². The predicted octanol–water partition coefficient (Wildman–Crippen LogP) is 2.71. The zero-order valence-electron chi connectivity index (χ0n) is 12.0. The molecule has 1 unspecified atom stereocenters. The number of hydrogen-bond acceptors (Lipinski definition) is 3. The number of aliphatic hydroxyl groups is 1. The van der Waals surface area contributed by atoms with E-state index in [0.29, 0.717) is 11.7 Å². The van der Waals surface area contributed by atoms with E-state index in [1.807, 2.05) is 17.0 Å². The van der Waals surface area contributed by atoms with Crippen LogP contribution in [0.15, 0.2) is 29.2 Å². The highest BCUT2D eigenvalue weighted by atomic mass is 32.2. The smallest absolute Gasteiger partial charge is 0.232 e. The lowest BCUT2D eigenvalue weighted by Gasteiger charge is -2.32. The number of carbonyl (C=O) groups excluding carboxylic acids is 1. The molecule has 110 valence electrons. The number of aryl methyl sites for hydroxylation is 1. The maximum atomic E-state index is 12.3. The lowest BCUT2D eigenvalue weighted by Crippen LogP contribution is -2.41. The minimum absolute atomic E-state index is 0.223. The van der Waals surface area contributed by atoms with Crippen LogP contribution < -0.4 is 0 Å². The molecular formula is C16H23NO2S. The molecule has 2 rings (SSSR count). The second kappa shape index (κ2) is 7.70. The Balaban J connectivity index is 1.84. The summed E-state index contributed by atoms with van der Waals surface area (Å²) >= 11 is 1.62. The number of thioether (sulfide) groups is 1. The molecule has 4 heteroatoms. The van der Waals surface area contributed by atoms with Crippen molar-refractivity contribution in [3.8, 4) is 0 Å². The van der Waals surface area contributed by atoms with Crippen LogP contribution in [0.1, 0.15) is 24.8 Å². The Morgan fingerprint density at radius 3 is 3.00 bits per heavy atom. The minimum atomic E-state index is 0.223. The fraction of sp³-hybridized carbons (Fsp3) is 0.562. The van der Waals surface area contributed by atoms with Crippen LogP contribution >= 0.6 is 11.8 Å². The normalized spacial score (nSPS) is 19.1. The molecule has 1 aliphatic heterocycles. The summed E-state index contributed by atoms with van der Waals surface area (Å²) in [4.78, 5) is 15.4. The van der Waals surface area contributed by atoms with Crippen LogP contribution in [0.25, 0.3) is 0 Å². The van der Waals surface area contributed by atoms with Crippen LogP contribution in [0.5, 0.6) is 0 Å². The van der Waals surface area contributed by atoms with Gasteiger partial charge in [-0.3, -0.25) is 4.79 Å². The minimum Gasteiger partial charge on any atom is -0.396 e. The monoisotopic (exact) mass is 293 g/mol. The largest absolute Gasteiger partial charge is 0.396 e. The second-order valence-corrected chi connectivity index (χ2v) is 6.43. The van der Waals surface area contributed by atoms with Crippen molar-refractivity contribution in [1.29, 1.82) is 0 Å². The molecule has 3 nitrogen and oxygen atoms in total. The number of aliphatic hydroxyl groups excluding tert-OH is 1. The van der Waals surface area contributed by atoms with Gasteiger partial charge in [0.15, 0.2) is 0 Å². The van der Waals surface area contributed by atoms with Crippen molar-refractivity contribution in [3.63, 3.8) is 0 Å². The number of rotatable bonds is 5. The molecule has 1 aliphatic rings. The molecular weight excluding hydrogens is 270 g/mol. The maximum absolute atomic E-state index is 12.3. The molecule has 0 aliphatic carbocycles. The quantitative estimate of drug-likeness (QED) is 0.849. The summed E-state index contributed by atoms with van der Waals surface area (Å²) in [6, 6.07) is 8.17. The van der Waals surface area contributed by atoms with Gasteiger partial charge in [0.1, 0.15) is 0 Å². The molecule has 0 aromatic heterocycles. The highest BCUT2D eigenvalue weighted by molar-refractivity contribution is 8.00. The van der Waals surface area contributed by atoms with E-state index in [1.165, 1.54) is 10.5 Å². The topological polar surface area (TPSA) is 40.5 Å². The summed E-state index contributed by atoms with van der Waals surface area (Å²) in [7, 11) is 0. The van der Waals surface area contributed by atoms with Gasteiger partial charge in [0.05, 0.1) is 5.75 Å². The molecule has 1 amide bonds. The third-order valence-corrected chi connectivity index (χ3v) is 5.01. The molecule has 0 radical (unpaired) electrons. The van der Waals surface area contributed by atoms with E-state index in [9.17, 15) is 4.79 Å². The number of carbonyl (C=O) groups is 1. The van der Waals surface area contributed by atoms with E-state index < -0.39 is 0 Å². The first-order chi connectivity index (χ1) is 9.70. The fourth-order valence-corrected chi connectivity index (χ4v) is 3.59. The second-order valence-electron chi connectivity index (χ2n) is 5.41. The number of benzene rings is 1. The summed E-state index contributed by atoms with van der Waals surface area (Å²) in [5.74, 6) is 1.21. The van der Waals surface area contributed by atoms with Gasteiger partial charge in [-0.1, -0.05) is 18.2 Å². The van der Waals surface area contributed by atoms with Crippen LogP contribution in [-0.2, 0) is 4.79 Å². The van der Waals surface area contributed by atoms with Crippen LogP contribution in [0.3, 0.4) is 0 Å². The summed E-state index contributed by atoms with van der Waals surface area (Å²) in [5, 5.41) is 9.02. The zero-order valence-corrected chi connectivity index (χ0v) is 12.9. The van der Waals surface area contributed by atoms with Crippen molar-refractivity contribution >= 4 is 17.7 Å². The SMILES string of the molecule is Cc1ccccc1SCC(=O)N1CCCC(CCO)C1. The summed E-state index contributed by atoms with van der Waals surface area (Å²) in [6.07, 6.45) is 3.01. The summed E-state index contributed by atoms with van der Waals surface area (Å²) in [6.45, 7) is 3.98. The maximum Gasteiger partial charge on any atom is 0.232 e. The standard InChI is InChI=1S/C16H23NO2S/c1-13-5-2-3-7-15(13)20-12-16(19)17-9-4-6-14(11-17)8-10-18/h2-3,5,7,14,18H,4,6,8-12H2,1H3. The highest BCUT2D eigenvalue weighted by Crippen LogP contribution is 2.24. The molecule has 1 heterocycles. The van der Waals surface area contributed by atoms with Crippen LogP contribution in [0, 0.1) is 12.8 Å². The Morgan fingerprint density at radius 1 is 1.45 bits per heavy atom. The average Bonchev–Trinajstić information content (AvgIpc) is 2.47. The van der Waals surface area contributed by atoms with Crippen molar-refractivity contribution in [3.05, 3.63) is 29.8 Å². The van der Waals surface area contributed by atoms with E-state index in [1.54, 1.807) is 11.8 Å². The number of likely N-dealkylation sites (tertiary alicyclic amines) is 1.